The third-order valence-electron chi connectivity index (χ3n) is 3.97. The zero-order valence-electron chi connectivity index (χ0n) is 12.1. The summed E-state index contributed by atoms with van der Waals surface area (Å²) in [6.07, 6.45) is 0.816. The summed E-state index contributed by atoms with van der Waals surface area (Å²) < 4.78 is 5.72. The third-order valence-corrected chi connectivity index (χ3v) is 3.97. The quantitative estimate of drug-likeness (QED) is 0.832. The lowest BCUT2D eigenvalue weighted by Gasteiger charge is -2.44. The van der Waals surface area contributed by atoms with Crippen LogP contribution in [0.25, 0.3) is 0 Å². The van der Waals surface area contributed by atoms with Gasteiger partial charge in [0.1, 0.15) is 6.10 Å². The highest BCUT2D eigenvalue weighted by Crippen LogP contribution is 2.29. The molecule has 1 fully saturated rings. The van der Waals surface area contributed by atoms with Crippen LogP contribution in [0.1, 0.15) is 44.5 Å². The number of piperidine rings is 1. The molecule has 104 valence electrons. The highest BCUT2D eigenvalue weighted by molar-refractivity contribution is 5.89. The monoisotopic (exact) mass is 261 g/mol. The van der Waals surface area contributed by atoms with E-state index in [0.29, 0.717) is 17.5 Å². The van der Waals surface area contributed by atoms with E-state index in [2.05, 4.69) is 33.0 Å². The van der Waals surface area contributed by atoms with E-state index < -0.39 is 0 Å². The topological polar surface area (TPSA) is 38.3 Å². The first kappa shape index (κ1) is 14.1. The van der Waals surface area contributed by atoms with Crippen LogP contribution in [0.4, 0.5) is 0 Å². The molecule has 1 aliphatic heterocycles. The second-order valence-corrected chi connectivity index (χ2v) is 6.19. The Morgan fingerprint density at radius 2 is 1.89 bits per heavy atom. The number of hydrogen-bond donors (Lipinski definition) is 1. The van der Waals surface area contributed by atoms with Crippen LogP contribution in [0.5, 0.6) is 0 Å². The number of esters is 1. The van der Waals surface area contributed by atoms with Crippen LogP contribution in [0.2, 0.25) is 0 Å². The van der Waals surface area contributed by atoms with Crippen LogP contribution in [0.15, 0.2) is 30.3 Å². The Balaban J connectivity index is 2.07. The Kier molecular flexibility index (Phi) is 3.95. The van der Waals surface area contributed by atoms with Gasteiger partial charge in [-0.1, -0.05) is 25.1 Å². The van der Waals surface area contributed by atoms with Crippen molar-refractivity contribution in [3.05, 3.63) is 35.9 Å². The smallest absolute Gasteiger partial charge is 0.338 e. The molecule has 0 saturated carbocycles. The normalized spacial score (nSPS) is 29.8. The number of nitrogens with one attached hydrogen (secondary N) is 1. The van der Waals surface area contributed by atoms with Crippen LogP contribution in [-0.2, 0) is 4.74 Å². The van der Waals surface area contributed by atoms with E-state index in [1.54, 1.807) is 12.1 Å². The van der Waals surface area contributed by atoms with Gasteiger partial charge in [0.2, 0.25) is 0 Å². The maximum atomic E-state index is 12.1. The maximum absolute atomic E-state index is 12.1. The van der Waals surface area contributed by atoms with Gasteiger partial charge in [0.05, 0.1) is 5.56 Å². The molecule has 2 rings (SSSR count). The fraction of sp³-hybridized carbons (Fsp3) is 0.562. The first-order chi connectivity index (χ1) is 8.89. The summed E-state index contributed by atoms with van der Waals surface area (Å²) in [6.45, 7) is 8.59. The molecule has 0 radical (unpaired) electrons. The fourth-order valence-corrected chi connectivity index (χ4v) is 2.75. The molecule has 1 heterocycles. The van der Waals surface area contributed by atoms with Gasteiger partial charge in [-0.25, -0.2) is 4.79 Å². The van der Waals surface area contributed by atoms with Crippen LogP contribution in [-0.4, -0.2) is 23.7 Å². The van der Waals surface area contributed by atoms with E-state index in [-0.39, 0.29) is 17.6 Å². The lowest BCUT2D eigenvalue weighted by atomic mass is 9.81. The molecule has 1 saturated heterocycles. The number of benzene rings is 1. The summed E-state index contributed by atoms with van der Waals surface area (Å²) in [5.74, 6) is 0.100. The molecular formula is C16H23NO2. The van der Waals surface area contributed by atoms with Gasteiger partial charge in [0.25, 0.3) is 0 Å². The van der Waals surface area contributed by atoms with Crippen LogP contribution in [0, 0.1) is 5.92 Å². The minimum Gasteiger partial charge on any atom is -0.458 e. The lowest BCUT2D eigenvalue weighted by molar-refractivity contribution is -0.0180. The van der Waals surface area contributed by atoms with Crippen molar-refractivity contribution in [3.63, 3.8) is 0 Å². The van der Waals surface area contributed by atoms with Gasteiger partial charge in [-0.2, -0.15) is 0 Å². The molecule has 3 heteroatoms. The van der Waals surface area contributed by atoms with Gasteiger partial charge in [0, 0.05) is 23.9 Å². The molecule has 0 spiro atoms. The van der Waals surface area contributed by atoms with E-state index in [1.165, 1.54) is 0 Å². The van der Waals surface area contributed by atoms with Gasteiger partial charge < -0.3 is 10.1 Å². The van der Waals surface area contributed by atoms with Crippen molar-refractivity contribution in [2.45, 2.75) is 51.8 Å². The van der Waals surface area contributed by atoms with Gasteiger partial charge in [-0.15, -0.1) is 0 Å². The highest BCUT2D eigenvalue weighted by Gasteiger charge is 2.38. The SMILES string of the molecule is CC1NC(C)(C)CC(OC(=O)c2ccccc2)C1C. The third kappa shape index (κ3) is 3.35. The summed E-state index contributed by atoms with van der Waals surface area (Å²) in [5, 5.41) is 3.56. The Hall–Kier alpha value is -1.35. The molecule has 0 bridgehead atoms. The summed E-state index contributed by atoms with van der Waals surface area (Å²) in [5.41, 5.74) is 0.631. The highest BCUT2D eigenvalue weighted by atomic mass is 16.5. The molecule has 19 heavy (non-hydrogen) atoms. The summed E-state index contributed by atoms with van der Waals surface area (Å²) in [7, 11) is 0. The van der Waals surface area contributed by atoms with Gasteiger partial charge in [0.15, 0.2) is 0 Å². The van der Waals surface area contributed by atoms with Crippen molar-refractivity contribution in [1.82, 2.24) is 5.32 Å². The Bertz CT molecular complexity index is 441. The second-order valence-electron chi connectivity index (χ2n) is 6.19. The van der Waals surface area contributed by atoms with Gasteiger partial charge in [-0.3, -0.25) is 0 Å². The number of carbonyl (C=O) groups excluding carboxylic acids is 1. The molecule has 1 aromatic rings. The van der Waals surface area contributed by atoms with Gasteiger partial charge in [-0.05, 0) is 32.9 Å². The zero-order chi connectivity index (χ0) is 14.0. The molecular weight excluding hydrogens is 238 g/mol. The molecule has 0 aromatic heterocycles. The largest absolute Gasteiger partial charge is 0.458 e. The van der Waals surface area contributed by atoms with E-state index in [1.807, 2.05) is 18.2 Å². The molecule has 1 aliphatic rings. The molecule has 0 aliphatic carbocycles. The number of carbonyl (C=O) groups is 1. The Morgan fingerprint density at radius 1 is 1.26 bits per heavy atom. The predicted molar refractivity (Wildman–Crippen MR) is 76.1 cm³/mol. The van der Waals surface area contributed by atoms with Crippen molar-refractivity contribution in [1.29, 1.82) is 0 Å². The second kappa shape index (κ2) is 5.33. The van der Waals surface area contributed by atoms with Crippen molar-refractivity contribution >= 4 is 5.97 Å². The number of hydrogen-bond acceptors (Lipinski definition) is 3. The summed E-state index contributed by atoms with van der Waals surface area (Å²) in [6, 6.07) is 9.54. The van der Waals surface area contributed by atoms with Crippen LogP contribution < -0.4 is 5.32 Å². The molecule has 3 unspecified atom stereocenters. The lowest BCUT2D eigenvalue weighted by Crippen LogP contribution is -2.57. The van der Waals surface area contributed by atoms with E-state index in [4.69, 9.17) is 4.74 Å². The zero-order valence-corrected chi connectivity index (χ0v) is 12.1. The molecule has 3 nitrogen and oxygen atoms in total. The van der Waals surface area contributed by atoms with Crippen molar-refractivity contribution in [2.24, 2.45) is 5.92 Å². The minimum atomic E-state index is -0.220. The standard InChI is InChI=1S/C16H23NO2/c1-11-12(2)17-16(3,4)10-14(11)19-15(18)13-8-6-5-7-9-13/h5-9,11-12,14,17H,10H2,1-4H3. The van der Waals surface area contributed by atoms with Crippen molar-refractivity contribution in [3.8, 4) is 0 Å². The molecule has 0 amide bonds. The van der Waals surface area contributed by atoms with Crippen molar-refractivity contribution < 1.29 is 9.53 Å². The van der Waals surface area contributed by atoms with Gasteiger partial charge >= 0.3 is 5.97 Å². The number of ether oxygens (including phenoxy) is 1. The average molecular weight is 261 g/mol. The molecule has 1 N–H and O–H groups in total. The van der Waals surface area contributed by atoms with Crippen LogP contribution >= 0.6 is 0 Å². The molecule has 1 aromatic carbocycles. The average Bonchev–Trinajstić information content (AvgIpc) is 2.35. The Morgan fingerprint density at radius 3 is 2.53 bits per heavy atom. The van der Waals surface area contributed by atoms with Crippen molar-refractivity contribution in [2.75, 3.05) is 0 Å². The fourth-order valence-electron chi connectivity index (χ4n) is 2.75. The molecule has 3 atom stereocenters. The maximum Gasteiger partial charge on any atom is 0.338 e. The summed E-state index contributed by atoms with van der Waals surface area (Å²) in [4.78, 5) is 12.1. The van der Waals surface area contributed by atoms with Crippen LogP contribution in [0.3, 0.4) is 0 Å². The number of rotatable bonds is 2. The predicted octanol–water partition coefficient (Wildman–Crippen LogP) is 3.01. The van der Waals surface area contributed by atoms with E-state index in [0.717, 1.165) is 6.42 Å². The Labute approximate surface area is 115 Å². The first-order valence-corrected chi connectivity index (χ1v) is 6.93. The summed E-state index contributed by atoms with van der Waals surface area (Å²) >= 11 is 0. The minimum absolute atomic E-state index is 0.00750. The van der Waals surface area contributed by atoms with E-state index >= 15 is 0 Å². The van der Waals surface area contributed by atoms with E-state index in [9.17, 15) is 4.79 Å². The first-order valence-electron chi connectivity index (χ1n) is 6.93.